The maximum absolute atomic E-state index is 6.06. The van der Waals surface area contributed by atoms with E-state index < -0.39 is 0 Å². The zero-order valence-electron chi connectivity index (χ0n) is 20.6. The number of methoxy groups -OCH3 is 1. The highest BCUT2D eigenvalue weighted by Crippen LogP contribution is 2.39. The summed E-state index contributed by atoms with van der Waals surface area (Å²) in [4.78, 5) is 7.61. The molecule has 0 amide bonds. The fourth-order valence-electron chi connectivity index (χ4n) is 5.13. The minimum Gasteiger partial charge on any atom is -0.493 e. The fourth-order valence-corrected chi connectivity index (χ4v) is 5.13. The van der Waals surface area contributed by atoms with E-state index in [0.29, 0.717) is 0 Å². The zero-order chi connectivity index (χ0) is 23.5. The highest BCUT2D eigenvalue weighted by Gasteiger charge is 2.23. The van der Waals surface area contributed by atoms with Gasteiger partial charge in [0.2, 0.25) is 0 Å². The van der Waals surface area contributed by atoms with Crippen LogP contribution < -0.4 is 9.47 Å². The van der Waals surface area contributed by atoms with Crippen LogP contribution in [0.3, 0.4) is 0 Å². The molecule has 1 aliphatic heterocycles. The summed E-state index contributed by atoms with van der Waals surface area (Å²) in [6.45, 7) is 4.90. The third kappa shape index (κ3) is 4.35. The van der Waals surface area contributed by atoms with Crippen LogP contribution in [0.15, 0.2) is 54.6 Å². The van der Waals surface area contributed by atoms with E-state index in [9.17, 15) is 0 Å². The molecule has 34 heavy (non-hydrogen) atoms. The molecule has 1 aromatic heterocycles. The number of ether oxygens (including phenoxy) is 2. The van der Waals surface area contributed by atoms with Gasteiger partial charge in [-0.25, -0.2) is 4.98 Å². The van der Waals surface area contributed by atoms with E-state index in [1.165, 1.54) is 46.5 Å². The van der Waals surface area contributed by atoms with Crippen LogP contribution in [0.1, 0.15) is 43.7 Å². The van der Waals surface area contributed by atoms with Gasteiger partial charge in [0.1, 0.15) is 0 Å². The van der Waals surface area contributed by atoms with Crippen LogP contribution in [0.2, 0.25) is 0 Å². The molecule has 0 unspecified atom stereocenters. The third-order valence-electron chi connectivity index (χ3n) is 6.96. The first-order valence-corrected chi connectivity index (χ1v) is 12.5. The lowest BCUT2D eigenvalue weighted by Gasteiger charge is -2.28. The first-order chi connectivity index (χ1) is 16.7. The highest BCUT2D eigenvalue weighted by molar-refractivity contribution is 6.09. The number of hydrogen-bond acceptors (Lipinski definition) is 4. The number of fused-ring (bicyclic) bond motifs is 5. The van der Waals surface area contributed by atoms with Crippen molar-refractivity contribution in [2.45, 2.75) is 45.6 Å². The molecule has 3 aromatic carbocycles. The molecule has 0 N–H and O–H groups in total. The second-order valence-corrected chi connectivity index (χ2v) is 9.36. The monoisotopic (exact) mass is 454 g/mol. The van der Waals surface area contributed by atoms with Crippen molar-refractivity contribution in [2.24, 2.45) is 0 Å². The maximum Gasteiger partial charge on any atom is 0.161 e. The number of likely N-dealkylation sites (N-methyl/N-ethyl adjacent to an activating group) is 1. The molecular weight excluding hydrogens is 420 g/mol. The van der Waals surface area contributed by atoms with Crippen molar-refractivity contribution in [1.29, 1.82) is 0 Å². The van der Waals surface area contributed by atoms with E-state index in [0.717, 1.165) is 60.8 Å². The SMILES string of the molecule is CCCCCCOc1ccc(-c2nc3ccc4ccccc4c3c3c2CN(C)CC3)cc1OC. The quantitative estimate of drug-likeness (QED) is 0.212. The lowest BCUT2D eigenvalue weighted by Crippen LogP contribution is -2.27. The molecule has 4 heteroatoms. The Morgan fingerprint density at radius 2 is 1.82 bits per heavy atom. The topological polar surface area (TPSA) is 34.6 Å². The number of hydrogen-bond donors (Lipinski definition) is 0. The highest BCUT2D eigenvalue weighted by atomic mass is 16.5. The number of rotatable bonds is 8. The molecule has 0 spiro atoms. The van der Waals surface area contributed by atoms with E-state index in [2.05, 4.69) is 67.4 Å². The number of benzene rings is 3. The van der Waals surface area contributed by atoms with Crippen LogP contribution in [-0.2, 0) is 13.0 Å². The molecule has 1 aliphatic rings. The number of pyridine rings is 1. The molecule has 4 nitrogen and oxygen atoms in total. The lowest BCUT2D eigenvalue weighted by molar-refractivity contribution is 0.285. The van der Waals surface area contributed by atoms with Gasteiger partial charge in [-0.2, -0.15) is 0 Å². The number of unbranched alkanes of at least 4 members (excludes halogenated alkanes) is 3. The fraction of sp³-hybridized carbons (Fsp3) is 0.367. The Labute approximate surface area is 202 Å². The summed E-state index contributed by atoms with van der Waals surface area (Å²) in [6.07, 6.45) is 5.78. The molecular formula is C30H34N2O2. The van der Waals surface area contributed by atoms with Gasteiger partial charge in [-0.3, -0.25) is 0 Å². The van der Waals surface area contributed by atoms with Gasteiger partial charge in [0.15, 0.2) is 11.5 Å². The van der Waals surface area contributed by atoms with Gasteiger partial charge in [0, 0.05) is 24.0 Å². The predicted molar refractivity (Wildman–Crippen MR) is 141 cm³/mol. The summed E-state index contributed by atoms with van der Waals surface area (Å²) in [5.41, 5.74) is 5.96. The van der Waals surface area contributed by atoms with Gasteiger partial charge >= 0.3 is 0 Å². The van der Waals surface area contributed by atoms with E-state index >= 15 is 0 Å². The van der Waals surface area contributed by atoms with Gasteiger partial charge in [-0.15, -0.1) is 0 Å². The molecule has 0 radical (unpaired) electrons. The van der Waals surface area contributed by atoms with Crippen LogP contribution >= 0.6 is 0 Å². The van der Waals surface area contributed by atoms with Gasteiger partial charge in [-0.1, -0.05) is 56.5 Å². The second-order valence-electron chi connectivity index (χ2n) is 9.36. The van der Waals surface area contributed by atoms with Gasteiger partial charge in [0.25, 0.3) is 0 Å². The third-order valence-corrected chi connectivity index (χ3v) is 6.96. The average Bonchev–Trinajstić information content (AvgIpc) is 2.87. The molecule has 5 rings (SSSR count). The Morgan fingerprint density at radius 1 is 0.941 bits per heavy atom. The first-order valence-electron chi connectivity index (χ1n) is 12.5. The van der Waals surface area contributed by atoms with Crippen LogP contribution in [-0.4, -0.2) is 37.2 Å². The van der Waals surface area contributed by atoms with Crippen molar-refractivity contribution >= 4 is 21.7 Å². The Hall–Kier alpha value is -3.11. The van der Waals surface area contributed by atoms with E-state index in [1.54, 1.807) is 7.11 Å². The Bertz CT molecular complexity index is 1310. The lowest BCUT2D eigenvalue weighted by atomic mass is 9.89. The van der Waals surface area contributed by atoms with Crippen molar-refractivity contribution in [2.75, 3.05) is 27.3 Å². The summed E-state index contributed by atoms with van der Waals surface area (Å²) in [5.74, 6) is 1.58. The molecule has 0 saturated carbocycles. The van der Waals surface area contributed by atoms with E-state index in [1.807, 2.05) is 6.07 Å². The van der Waals surface area contributed by atoms with Crippen molar-refractivity contribution in [3.63, 3.8) is 0 Å². The Kier molecular flexibility index (Phi) is 6.68. The summed E-state index contributed by atoms with van der Waals surface area (Å²) in [7, 11) is 3.91. The molecule has 0 aliphatic carbocycles. The summed E-state index contributed by atoms with van der Waals surface area (Å²) >= 11 is 0. The second kappa shape index (κ2) is 10.0. The van der Waals surface area contributed by atoms with Crippen LogP contribution in [0.25, 0.3) is 32.9 Å². The van der Waals surface area contributed by atoms with Crippen molar-refractivity contribution in [3.05, 3.63) is 65.7 Å². The van der Waals surface area contributed by atoms with E-state index in [4.69, 9.17) is 14.5 Å². The standard InChI is InChI=1S/C30H34N2O2/c1-4-5-6-9-18-34-27-15-13-22(19-28(27)33-3)30-25-20-32(2)17-16-24(25)29-23-11-8-7-10-21(23)12-14-26(29)31-30/h7-8,10-15,19H,4-6,9,16-18,20H2,1-3H3. The number of aromatic nitrogens is 1. The normalized spacial score (nSPS) is 13.9. The Morgan fingerprint density at radius 3 is 2.68 bits per heavy atom. The minimum absolute atomic E-state index is 0.719. The van der Waals surface area contributed by atoms with Gasteiger partial charge in [-0.05, 0) is 66.1 Å². The molecule has 2 heterocycles. The predicted octanol–water partition coefficient (Wildman–Crippen LogP) is 7.01. The molecule has 0 bridgehead atoms. The van der Waals surface area contributed by atoms with Crippen LogP contribution in [0.4, 0.5) is 0 Å². The minimum atomic E-state index is 0.719. The number of nitrogens with zero attached hydrogens (tertiary/aromatic N) is 2. The van der Waals surface area contributed by atoms with Crippen LogP contribution in [0.5, 0.6) is 11.5 Å². The maximum atomic E-state index is 6.06. The molecule has 0 saturated heterocycles. The van der Waals surface area contributed by atoms with Crippen molar-refractivity contribution in [3.8, 4) is 22.8 Å². The largest absolute Gasteiger partial charge is 0.493 e. The summed E-state index contributed by atoms with van der Waals surface area (Å²) in [6, 6.07) is 19.3. The van der Waals surface area contributed by atoms with Crippen LogP contribution in [0, 0.1) is 0 Å². The Balaban J connectivity index is 1.58. The zero-order valence-corrected chi connectivity index (χ0v) is 20.6. The molecule has 176 valence electrons. The average molecular weight is 455 g/mol. The first kappa shape index (κ1) is 22.7. The van der Waals surface area contributed by atoms with Crippen molar-refractivity contribution < 1.29 is 9.47 Å². The summed E-state index contributed by atoms with van der Waals surface area (Å²) in [5, 5.41) is 3.88. The molecule has 0 atom stereocenters. The van der Waals surface area contributed by atoms with Gasteiger partial charge < -0.3 is 14.4 Å². The van der Waals surface area contributed by atoms with E-state index in [-0.39, 0.29) is 0 Å². The molecule has 0 fully saturated rings. The summed E-state index contributed by atoms with van der Waals surface area (Å²) < 4.78 is 11.8. The smallest absolute Gasteiger partial charge is 0.161 e. The molecule has 4 aromatic rings. The van der Waals surface area contributed by atoms with Crippen molar-refractivity contribution in [1.82, 2.24) is 9.88 Å². The van der Waals surface area contributed by atoms with Gasteiger partial charge in [0.05, 0.1) is 24.9 Å².